The molecule has 2 heterocycles. The van der Waals surface area contributed by atoms with E-state index in [2.05, 4.69) is 4.98 Å². The molecule has 1 atom stereocenters. The van der Waals surface area contributed by atoms with Gasteiger partial charge in [-0.15, -0.1) is 0 Å². The lowest BCUT2D eigenvalue weighted by molar-refractivity contribution is -0.139. The smallest absolute Gasteiger partial charge is 0.295 e. The monoisotopic (exact) mass is 530 g/mol. The van der Waals surface area contributed by atoms with E-state index in [1.807, 2.05) is 0 Å². The normalized spacial score (nSPS) is 16.9. The number of aliphatic hydroxyl groups is 1. The van der Waals surface area contributed by atoms with Crippen LogP contribution in [0.2, 0.25) is 10.0 Å². The largest absolute Gasteiger partial charge is 0.507 e. The first-order valence-electron chi connectivity index (χ1n) is 10.8. The third kappa shape index (κ3) is 4.62. The van der Waals surface area contributed by atoms with Crippen molar-refractivity contribution in [2.45, 2.75) is 12.5 Å². The lowest BCUT2D eigenvalue weighted by Gasteiger charge is -2.25. The van der Waals surface area contributed by atoms with E-state index in [1.54, 1.807) is 24.3 Å². The van der Waals surface area contributed by atoms with Crippen LogP contribution >= 0.6 is 23.2 Å². The summed E-state index contributed by atoms with van der Waals surface area (Å²) in [5.74, 6) is -2.37. The number of carbonyl (C=O) groups excluding carboxylic acids is 2. The quantitative estimate of drug-likeness (QED) is 0.256. The molecule has 7 nitrogen and oxygen atoms in total. The summed E-state index contributed by atoms with van der Waals surface area (Å²) in [5, 5.41) is 11.5. The Bertz CT molecular complexity index is 1350. The van der Waals surface area contributed by atoms with E-state index in [1.165, 1.54) is 49.7 Å². The molecule has 36 heavy (non-hydrogen) atoms. The zero-order chi connectivity index (χ0) is 26.0. The van der Waals surface area contributed by atoms with Crippen LogP contribution in [-0.2, 0) is 16.0 Å². The average molecular weight is 531 g/mol. The summed E-state index contributed by atoms with van der Waals surface area (Å²) < 4.78 is 23.9. The van der Waals surface area contributed by atoms with Crippen molar-refractivity contribution in [2.75, 3.05) is 20.8 Å². The minimum Gasteiger partial charge on any atom is -0.507 e. The second-order valence-electron chi connectivity index (χ2n) is 7.94. The first kappa shape index (κ1) is 25.5. The van der Waals surface area contributed by atoms with Gasteiger partial charge in [-0.1, -0.05) is 35.3 Å². The molecule has 1 aromatic heterocycles. The first-order chi connectivity index (χ1) is 17.3. The molecule has 2 aromatic carbocycles. The van der Waals surface area contributed by atoms with Crippen molar-refractivity contribution in [1.82, 2.24) is 9.88 Å². The molecule has 0 bridgehead atoms. The Morgan fingerprint density at radius 3 is 2.31 bits per heavy atom. The lowest BCUT2D eigenvalue weighted by atomic mass is 9.95. The van der Waals surface area contributed by atoms with Crippen LogP contribution in [0.4, 0.5) is 4.39 Å². The van der Waals surface area contributed by atoms with Crippen LogP contribution in [0.25, 0.3) is 5.76 Å². The molecule has 1 aliphatic rings. The topological polar surface area (TPSA) is 89.0 Å². The van der Waals surface area contributed by atoms with E-state index in [0.717, 1.165) is 5.56 Å². The number of benzene rings is 2. The van der Waals surface area contributed by atoms with Gasteiger partial charge in [0, 0.05) is 18.9 Å². The third-order valence-electron chi connectivity index (χ3n) is 5.91. The first-order valence-corrected chi connectivity index (χ1v) is 11.6. The number of nitrogens with zero attached hydrogens (tertiary/aromatic N) is 2. The molecular weight excluding hydrogens is 510 g/mol. The highest BCUT2D eigenvalue weighted by Crippen LogP contribution is 2.47. The van der Waals surface area contributed by atoms with Crippen LogP contribution in [0.3, 0.4) is 0 Å². The molecule has 1 aliphatic heterocycles. The van der Waals surface area contributed by atoms with Crippen LogP contribution < -0.4 is 9.47 Å². The van der Waals surface area contributed by atoms with Gasteiger partial charge in [0.05, 0.1) is 36.4 Å². The SMILES string of the molecule is COc1c(Cl)cc(/C(O)=C2\C(=O)C(=O)N(CCc3ccc(F)cc3)C2c2ccncc2)c(OC)c1Cl. The summed E-state index contributed by atoms with van der Waals surface area (Å²) in [6.45, 7) is 0.140. The molecule has 0 saturated carbocycles. The number of Topliss-reactive ketones (excluding diaryl/α,β-unsaturated/α-hetero) is 1. The third-order valence-corrected chi connectivity index (χ3v) is 6.54. The Morgan fingerprint density at radius 2 is 1.69 bits per heavy atom. The molecule has 1 saturated heterocycles. The van der Waals surface area contributed by atoms with Crippen molar-refractivity contribution in [3.8, 4) is 11.5 Å². The second kappa shape index (κ2) is 10.6. The Morgan fingerprint density at radius 1 is 1.06 bits per heavy atom. The molecule has 4 rings (SSSR count). The number of hydrogen-bond donors (Lipinski definition) is 1. The number of carbonyl (C=O) groups is 2. The van der Waals surface area contributed by atoms with E-state index in [4.69, 9.17) is 32.7 Å². The van der Waals surface area contributed by atoms with Gasteiger partial charge in [0.15, 0.2) is 11.5 Å². The van der Waals surface area contributed by atoms with E-state index < -0.39 is 23.5 Å². The van der Waals surface area contributed by atoms with Gasteiger partial charge in [0.1, 0.15) is 16.6 Å². The van der Waals surface area contributed by atoms with Gasteiger partial charge in [0.25, 0.3) is 11.7 Å². The molecule has 10 heteroatoms. The Balaban J connectivity index is 1.85. The molecule has 0 radical (unpaired) electrons. The number of aromatic nitrogens is 1. The van der Waals surface area contributed by atoms with Gasteiger partial charge in [-0.3, -0.25) is 14.6 Å². The van der Waals surface area contributed by atoms with Gasteiger partial charge < -0.3 is 19.5 Å². The van der Waals surface area contributed by atoms with Crippen LogP contribution in [0.5, 0.6) is 11.5 Å². The number of likely N-dealkylation sites (tertiary alicyclic amines) is 1. The van der Waals surface area contributed by atoms with Crippen LogP contribution in [0.15, 0.2) is 60.4 Å². The number of pyridine rings is 1. The summed E-state index contributed by atoms with van der Waals surface area (Å²) >= 11 is 12.7. The number of halogens is 3. The van der Waals surface area contributed by atoms with Crippen LogP contribution in [-0.4, -0.2) is 47.4 Å². The minimum absolute atomic E-state index is 0.0000458. The van der Waals surface area contributed by atoms with E-state index in [-0.39, 0.29) is 45.0 Å². The van der Waals surface area contributed by atoms with Crippen molar-refractivity contribution in [1.29, 1.82) is 0 Å². The fourth-order valence-corrected chi connectivity index (χ4v) is 4.88. The van der Waals surface area contributed by atoms with Gasteiger partial charge >= 0.3 is 0 Å². The lowest BCUT2D eigenvalue weighted by Crippen LogP contribution is -2.31. The molecular formula is C26H21Cl2FN2O5. The van der Waals surface area contributed by atoms with E-state index in [0.29, 0.717) is 12.0 Å². The van der Waals surface area contributed by atoms with Crippen molar-refractivity contribution in [3.05, 3.63) is 93.0 Å². The van der Waals surface area contributed by atoms with Gasteiger partial charge in [0.2, 0.25) is 0 Å². The van der Waals surface area contributed by atoms with Crippen LogP contribution in [0.1, 0.15) is 22.7 Å². The molecule has 0 aliphatic carbocycles. The predicted octanol–water partition coefficient (Wildman–Crippen LogP) is 5.21. The number of methoxy groups -OCH3 is 2. The van der Waals surface area contributed by atoms with E-state index >= 15 is 0 Å². The van der Waals surface area contributed by atoms with E-state index in [9.17, 15) is 19.1 Å². The van der Waals surface area contributed by atoms with Gasteiger partial charge in [-0.25, -0.2) is 4.39 Å². The summed E-state index contributed by atoms with van der Waals surface area (Å²) in [6, 6.07) is 9.62. The summed E-state index contributed by atoms with van der Waals surface area (Å²) in [7, 11) is 2.72. The Labute approximate surface area is 216 Å². The highest BCUT2D eigenvalue weighted by atomic mass is 35.5. The zero-order valence-corrected chi connectivity index (χ0v) is 20.8. The zero-order valence-electron chi connectivity index (χ0n) is 19.3. The standard InChI is InChI=1S/C26H21Cl2FN2O5/c1-35-24-17(13-18(27)25(36-2)20(24)28)22(32)19-21(15-7-10-30-11-8-15)31(26(34)23(19)33)12-9-14-3-5-16(29)6-4-14/h3-8,10-11,13,21,32H,9,12H2,1-2H3/b22-19+. The number of ketones is 1. The van der Waals surface area contributed by atoms with Crippen LogP contribution in [0, 0.1) is 5.82 Å². The molecule has 1 unspecified atom stereocenters. The van der Waals surface area contributed by atoms with Crippen molar-refractivity contribution in [3.63, 3.8) is 0 Å². The molecule has 3 aromatic rings. The maximum Gasteiger partial charge on any atom is 0.295 e. The summed E-state index contributed by atoms with van der Waals surface area (Å²) in [6.07, 6.45) is 3.41. The average Bonchev–Trinajstić information content (AvgIpc) is 3.13. The molecule has 186 valence electrons. The Hall–Kier alpha value is -3.62. The summed E-state index contributed by atoms with van der Waals surface area (Å²) in [4.78, 5) is 31.8. The fraction of sp³-hybridized carbons (Fsp3) is 0.192. The Kier molecular flexibility index (Phi) is 7.47. The van der Waals surface area contributed by atoms with Crippen molar-refractivity contribution < 1.29 is 28.6 Å². The minimum atomic E-state index is -0.919. The van der Waals surface area contributed by atoms with Crippen molar-refractivity contribution in [2.24, 2.45) is 0 Å². The maximum absolute atomic E-state index is 13.3. The number of ether oxygens (including phenoxy) is 2. The second-order valence-corrected chi connectivity index (χ2v) is 8.72. The predicted molar refractivity (Wildman–Crippen MR) is 133 cm³/mol. The number of amides is 1. The summed E-state index contributed by atoms with van der Waals surface area (Å²) in [5.41, 5.74) is 1.22. The highest BCUT2D eigenvalue weighted by Gasteiger charge is 2.46. The van der Waals surface area contributed by atoms with Crippen molar-refractivity contribution >= 4 is 40.7 Å². The number of aliphatic hydroxyl groups excluding tert-OH is 1. The molecule has 1 amide bonds. The van der Waals surface area contributed by atoms with Gasteiger partial charge in [-0.05, 0) is 47.9 Å². The molecule has 1 fully saturated rings. The number of rotatable bonds is 7. The molecule has 0 spiro atoms. The maximum atomic E-state index is 13.3. The highest BCUT2D eigenvalue weighted by molar-refractivity contribution is 6.47. The van der Waals surface area contributed by atoms with Gasteiger partial charge in [-0.2, -0.15) is 0 Å². The number of hydrogen-bond acceptors (Lipinski definition) is 6. The molecule has 1 N–H and O–H groups in total. The fourth-order valence-electron chi connectivity index (χ4n) is 4.20.